The van der Waals surface area contributed by atoms with Crippen LogP contribution in [0.15, 0.2) is 47.5 Å². The monoisotopic (exact) mass is 424 g/mol. The Labute approximate surface area is 184 Å². The standard InChI is InChI=1S/C24H32N4O3/c1-3-25-24(26-15-19-6-9-22-23(14-19)31-17-30-22)27-16-21(28-10-12-29-13-11-28)20-7-4-18(2)5-8-20/h4-9,14,21H,3,10-13,15-17H2,1-2H3,(H2,25,26,27). The lowest BCUT2D eigenvalue weighted by Gasteiger charge is -2.35. The maximum absolute atomic E-state index is 5.57. The summed E-state index contributed by atoms with van der Waals surface area (Å²) in [6.07, 6.45) is 0. The lowest BCUT2D eigenvalue weighted by molar-refractivity contribution is 0.0170. The Bertz CT molecular complexity index is 879. The summed E-state index contributed by atoms with van der Waals surface area (Å²) in [6.45, 7) is 10.1. The molecule has 2 N–H and O–H groups in total. The average molecular weight is 425 g/mol. The van der Waals surface area contributed by atoms with E-state index >= 15 is 0 Å². The lowest BCUT2D eigenvalue weighted by atomic mass is 10.0. The maximum atomic E-state index is 5.57. The molecule has 0 spiro atoms. The fourth-order valence-electron chi connectivity index (χ4n) is 3.88. The molecule has 1 unspecified atom stereocenters. The van der Waals surface area contributed by atoms with E-state index < -0.39 is 0 Å². The molecule has 7 nitrogen and oxygen atoms in total. The van der Waals surface area contributed by atoms with Crippen molar-refractivity contribution < 1.29 is 14.2 Å². The number of aliphatic imine (C=N–C) groups is 1. The summed E-state index contributed by atoms with van der Waals surface area (Å²) in [7, 11) is 0. The third-order valence-corrected chi connectivity index (χ3v) is 5.61. The van der Waals surface area contributed by atoms with E-state index in [0.717, 1.165) is 62.4 Å². The molecular formula is C24H32N4O3. The van der Waals surface area contributed by atoms with Crippen molar-refractivity contribution in [3.8, 4) is 11.5 Å². The van der Waals surface area contributed by atoms with Gasteiger partial charge in [0.2, 0.25) is 6.79 Å². The van der Waals surface area contributed by atoms with E-state index in [4.69, 9.17) is 19.2 Å². The van der Waals surface area contributed by atoms with Crippen LogP contribution in [0.1, 0.15) is 29.7 Å². The number of fused-ring (bicyclic) bond motifs is 1. The third-order valence-electron chi connectivity index (χ3n) is 5.61. The van der Waals surface area contributed by atoms with Gasteiger partial charge in [0.05, 0.1) is 25.8 Å². The van der Waals surface area contributed by atoms with E-state index in [0.29, 0.717) is 6.54 Å². The fourth-order valence-corrected chi connectivity index (χ4v) is 3.88. The van der Waals surface area contributed by atoms with Gasteiger partial charge in [0, 0.05) is 26.2 Å². The highest BCUT2D eigenvalue weighted by Gasteiger charge is 2.23. The van der Waals surface area contributed by atoms with Gasteiger partial charge >= 0.3 is 0 Å². The summed E-state index contributed by atoms with van der Waals surface area (Å²) in [5.41, 5.74) is 3.67. The predicted octanol–water partition coefficient (Wildman–Crippen LogP) is 2.85. The molecule has 166 valence electrons. The Morgan fingerprint density at radius 1 is 1.03 bits per heavy atom. The van der Waals surface area contributed by atoms with Gasteiger partial charge in [-0.3, -0.25) is 4.90 Å². The second kappa shape index (κ2) is 10.5. The van der Waals surface area contributed by atoms with Crippen molar-refractivity contribution in [1.29, 1.82) is 0 Å². The molecule has 1 saturated heterocycles. The Morgan fingerprint density at radius 3 is 2.58 bits per heavy atom. The quantitative estimate of drug-likeness (QED) is 0.526. The zero-order valence-corrected chi connectivity index (χ0v) is 18.4. The van der Waals surface area contributed by atoms with E-state index in [1.165, 1.54) is 11.1 Å². The normalized spacial score (nSPS) is 17.4. The van der Waals surface area contributed by atoms with Crippen molar-refractivity contribution >= 4 is 5.96 Å². The highest BCUT2D eigenvalue weighted by Crippen LogP contribution is 2.32. The summed E-state index contributed by atoms with van der Waals surface area (Å²) in [5.74, 6) is 2.40. The molecule has 2 aromatic rings. The number of nitrogens with zero attached hydrogens (tertiary/aromatic N) is 2. The molecule has 1 fully saturated rings. The summed E-state index contributed by atoms with van der Waals surface area (Å²) in [4.78, 5) is 7.28. The lowest BCUT2D eigenvalue weighted by Crippen LogP contribution is -2.46. The van der Waals surface area contributed by atoms with Crippen LogP contribution in [0.25, 0.3) is 0 Å². The summed E-state index contributed by atoms with van der Waals surface area (Å²) in [6, 6.07) is 15.1. The number of hydrogen-bond acceptors (Lipinski definition) is 5. The smallest absolute Gasteiger partial charge is 0.231 e. The molecule has 2 aliphatic rings. The predicted molar refractivity (Wildman–Crippen MR) is 122 cm³/mol. The Morgan fingerprint density at radius 2 is 1.81 bits per heavy atom. The Hall–Kier alpha value is -2.77. The molecule has 1 atom stereocenters. The first-order valence-corrected chi connectivity index (χ1v) is 11.0. The van der Waals surface area contributed by atoms with Crippen LogP contribution in [0.2, 0.25) is 0 Å². The first-order chi connectivity index (χ1) is 15.2. The van der Waals surface area contributed by atoms with E-state index in [-0.39, 0.29) is 12.8 Å². The molecule has 31 heavy (non-hydrogen) atoms. The van der Waals surface area contributed by atoms with Gasteiger partial charge in [0.1, 0.15) is 0 Å². The van der Waals surface area contributed by atoms with Crippen LogP contribution >= 0.6 is 0 Å². The zero-order valence-electron chi connectivity index (χ0n) is 18.4. The second-order valence-electron chi connectivity index (χ2n) is 7.84. The Balaban J connectivity index is 1.44. The van der Waals surface area contributed by atoms with Gasteiger partial charge < -0.3 is 24.8 Å². The molecule has 7 heteroatoms. The maximum Gasteiger partial charge on any atom is 0.231 e. The molecular weight excluding hydrogens is 392 g/mol. The van der Waals surface area contributed by atoms with Gasteiger partial charge in [-0.25, -0.2) is 4.99 Å². The highest BCUT2D eigenvalue weighted by molar-refractivity contribution is 5.79. The number of benzene rings is 2. The number of ether oxygens (including phenoxy) is 3. The van der Waals surface area contributed by atoms with Crippen molar-refractivity contribution in [3.05, 3.63) is 59.2 Å². The number of rotatable bonds is 7. The largest absolute Gasteiger partial charge is 0.454 e. The molecule has 2 heterocycles. The topological polar surface area (TPSA) is 67.4 Å². The van der Waals surface area contributed by atoms with Crippen LogP contribution in [0, 0.1) is 6.92 Å². The van der Waals surface area contributed by atoms with Gasteiger partial charge in [0.15, 0.2) is 17.5 Å². The minimum atomic E-state index is 0.263. The van der Waals surface area contributed by atoms with Crippen molar-refractivity contribution in [1.82, 2.24) is 15.5 Å². The van der Waals surface area contributed by atoms with Gasteiger partial charge in [-0.05, 0) is 37.1 Å². The average Bonchev–Trinajstić information content (AvgIpc) is 3.27. The van der Waals surface area contributed by atoms with E-state index in [9.17, 15) is 0 Å². The van der Waals surface area contributed by atoms with Crippen molar-refractivity contribution in [2.45, 2.75) is 26.4 Å². The number of morpholine rings is 1. The molecule has 2 aromatic carbocycles. The van der Waals surface area contributed by atoms with Crippen molar-refractivity contribution in [2.75, 3.05) is 46.2 Å². The van der Waals surface area contributed by atoms with Crippen LogP contribution < -0.4 is 20.1 Å². The third kappa shape index (κ3) is 5.68. The van der Waals surface area contributed by atoms with Crippen molar-refractivity contribution in [3.63, 3.8) is 0 Å². The van der Waals surface area contributed by atoms with Crippen LogP contribution in [-0.2, 0) is 11.3 Å². The molecule has 0 saturated carbocycles. The summed E-state index contributed by atoms with van der Waals surface area (Å²) >= 11 is 0. The van der Waals surface area contributed by atoms with Crippen LogP contribution in [0.3, 0.4) is 0 Å². The number of aryl methyl sites for hydroxylation is 1. The SMILES string of the molecule is CCNC(=NCc1ccc2c(c1)OCO2)NCC(c1ccc(C)cc1)N1CCOCC1. The minimum Gasteiger partial charge on any atom is -0.454 e. The number of hydrogen-bond donors (Lipinski definition) is 2. The van der Waals surface area contributed by atoms with E-state index in [2.05, 4.69) is 53.6 Å². The summed E-state index contributed by atoms with van der Waals surface area (Å²) < 4.78 is 16.4. The molecule has 0 aliphatic carbocycles. The van der Waals surface area contributed by atoms with Crippen LogP contribution in [-0.4, -0.2) is 57.0 Å². The molecule has 2 aliphatic heterocycles. The van der Waals surface area contributed by atoms with Gasteiger partial charge in [0.25, 0.3) is 0 Å². The van der Waals surface area contributed by atoms with E-state index in [1.807, 2.05) is 18.2 Å². The van der Waals surface area contributed by atoms with Crippen molar-refractivity contribution in [2.24, 2.45) is 4.99 Å². The first-order valence-electron chi connectivity index (χ1n) is 11.0. The van der Waals surface area contributed by atoms with Crippen LogP contribution in [0.5, 0.6) is 11.5 Å². The van der Waals surface area contributed by atoms with Gasteiger partial charge in [-0.15, -0.1) is 0 Å². The summed E-state index contributed by atoms with van der Waals surface area (Å²) in [5, 5.41) is 6.92. The highest BCUT2D eigenvalue weighted by atomic mass is 16.7. The zero-order chi connectivity index (χ0) is 21.5. The first kappa shape index (κ1) is 21.5. The van der Waals surface area contributed by atoms with Crippen LogP contribution in [0.4, 0.5) is 0 Å². The second-order valence-corrected chi connectivity index (χ2v) is 7.84. The molecule has 4 rings (SSSR count). The van der Waals surface area contributed by atoms with Gasteiger partial charge in [-0.2, -0.15) is 0 Å². The molecule has 0 radical (unpaired) electrons. The van der Waals surface area contributed by atoms with E-state index in [1.54, 1.807) is 0 Å². The molecule has 0 amide bonds. The fraction of sp³-hybridized carbons (Fsp3) is 0.458. The Kier molecular flexibility index (Phi) is 7.27. The number of guanidine groups is 1. The molecule has 0 bridgehead atoms. The molecule has 0 aromatic heterocycles. The minimum absolute atomic E-state index is 0.263. The van der Waals surface area contributed by atoms with Gasteiger partial charge in [-0.1, -0.05) is 35.9 Å². The number of nitrogens with one attached hydrogen (secondary N) is 2.